The Kier molecular flexibility index (Phi) is 5.34. The Balaban J connectivity index is 1.63. The second-order valence-electron chi connectivity index (χ2n) is 6.14. The molecule has 0 saturated carbocycles. The topological polar surface area (TPSA) is 43.3 Å². The molecule has 0 fully saturated rings. The molecule has 23 heavy (non-hydrogen) atoms. The lowest BCUT2D eigenvalue weighted by molar-refractivity contribution is -0.143. The third kappa shape index (κ3) is 3.58. The van der Waals surface area contributed by atoms with Gasteiger partial charge in [0.25, 0.3) is 0 Å². The number of fused-ring (bicyclic) bond motifs is 3. The Bertz CT molecular complexity index is 675. The lowest BCUT2D eigenvalue weighted by Gasteiger charge is -2.17. The van der Waals surface area contributed by atoms with Gasteiger partial charge in [-0.15, -0.1) is 0 Å². The maximum Gasteiger partial charge on any atom is 0.305 e. The minimum absolute atomic E-state index is 0.0690. The summed E-state index contributed by atoms with van der Waals surface area (Å²) >= 11 is 0. The molecule has 4 nitrogen and oxygen atoms in total. The van der Waals surface area contributed by atoms with Crippen molar-refractivity contribution in [2.24, 2.45) is 0 Å². The fourth-order valence-electron chi connectivity index (χ4n) is 3.53. The molecule has 3 rings (SSSR count). The van der Waals surface area contributed by atoms with Gasteiger partial charge >= 0.3 is 5.97 Å². The van der Waals surface area contributed by atoms with Gasteiger partial charge in [0.05, 0.1) is 6.61 Å². The fourth-order valence-corrected chi connectivity index (χ4v) is 3.53. The van der Waals surface area contributed by atoms with Gasteiger partial charge < -0.3 is 14.6 Å². The molecule has 1 N–H and O–H groups in total. The quantitative estimate of drug-likeness (QED) is 0.629. The van der Waals surface area contributed by atoms with Crippen LogP contribution in [0.2, 0.25) is 0 Å². The zero-order valence-corrected chi connectivity index (χ0v) is 13.9. The first-order chi connectivity index (χ1) is 11.3. The highest BCUT2D eigenvalue weighted by atomic mass is 16.5. The molecule has 0 saturated heterocycles. The molecule has 1 aliphatic heterocycles. The summed E-state index contributed by atoms with van der Waals surface area (Å²) in [5.41, 5.74) is 4.32. The molecule has 1 aliphatic rings. The van der Waals surface area contributed by atoms with Crippen molar-refractivity contribution in [3.8, 4) is 0 Å². The lowest BCUT2D eigenvalue weighted by Crippen LogP contribution is -2.25. The number of unbranched alkanes of at least 4 members (excludes halogenated alkanes) is 2. The van der Waals surface area contributed by atoms with E-state index in [2.05, 4.69) is 34.1 Å². The molecule has 0 radical (unpaired) electrons. The van der Waals surface area contributed by atoms with E-state index in [1.54, 1.807) is 0 Å². The normalized spacial score (nSPS) is 14.0. The molecule has 0 aliphatic carbocycles. The van der Waals surface area contributed by atoms with E-state index in [0.29, 0.717) is 13.0 Å². The predicted octanol–water partition coefficient (Wildman–Crippen LogP) is 3.41. The van der Waals surface area contributed by atoms with E-state index < -0.39 is 0 Å². The number of aryl methyl sites for hydroxylation is 1. The number of hydrogen-bond acceptors (Lipinski definition) is 3. The molecule has 0 bridgehead atoms. The Hall–Kier alpha value is -1.81. The molecule has 0 amide bonds. The number of benzene rings is 1. The summed E-state index contributed by atoms with van der Waals surface area (Å²) in [5, 5.41) is 4.90. The number of carbonyl (C=O) groups excluding carboxylic acids is 1. The summed E-state index contributed by atoms with van der Waals surface area (Å²) in [6.45, 7) is 5.40. The van der Waals surface area contributed by atoms with Crippen molar-refractivity contribution in [1.29, 1.82) is 0 Å². The number of rotatable bonds is 7. The minimum Gasteiger partial charge on any atom is -0.466 e. The standard InChI is InChI=1S/C19H26N2O2/c1-2-23-19(22)10-4-3-7-13-21-17-9-6-5-8-15(17)16-11-12-20-14-18(16)21/h5-6,8-9,20H,2-4,7,10-14H2,1H3. The Morgan fingerprint density at radius 2 is 2.13 bits per heavy atom. The molecular weight excluding hydrogens is 288 g/mol. The summed E-state index contributed by atoms with van der Waals surface area (Å²) in [6.07, 6.45) is 4.74. The van der Waals surface area contributed by atoms with Gasteiger partial charge in [-0.25, -0.2) is 0 Å². The number of carbonyl (C=O) groups is 1. The first-order valence-electron chi connectivity index (χ1n) is 8.76. The van der Waals surface area contributed by atoms with Crippen molar-refractivity contribution < 1.29 is 9.53 Å². The van der Waals surface area contributed by atoms with Crippen molar-refractivity contribution in [2.45, 2.75) is 52.1 Å². The van der Waals surface area contributed by atoms with Gasteiger partial charge in [-0.1, -0.05) is 24.6 Å². The molecule has 124 valence electrons. The van der Waals surface area contributed by atoms with Gasteiger partial charge in [0.15, 0.2) is 0 Å². The van der Waals surface area contributed by atoms with Crippen LogP contribution in [0.25, 0.3) is 10.9 Å². The van der Waals surface area contributed by atoms with Crippen LogP contribution in [0.1, 0.15) is 43.9 Å². The summed E-state index contributed by atoms with van der Waals surface area (Å²) in [6, 6.07) is 8.73. The lowest BCUT2D eigenvalue weighted by atomic mass is 10.1. The number of hydrogen-bond donors (Lipinski definition) is 1. The van der Waals surface area contributed by atoms with Crippen LogP contribution in [0.5, 0.6) is 0 Å². The second kappa shape index (κ2) is 7.64. The van der Waals surface area contributed by atoms with Crippen molar-refractivity contribution in [1.82, 2.24) is 9.88 Å². The molecule has 2 heterocycles. The third-order valence-corrected chi connectivity index (χ3v) is 4.61. The zero-order valence-electron chi connectivity index (χ0n) is 13.9. The first kappa shape index (κ1) is 16.1. The van der Waals surface area contributed by atoms with Crippen LogP contribution in [-0.2, 0) is 29.0 Å². The maximum absolute atomic E-state index is 11.4. The van der Waals surface area contributed by atoms with E-state index in [0.717, 1.165) is 45.3 Å². The number of para-hydroxylation sites is 1. The molecule has 1 aromatic carbocycles. The van der Waals surface area contributed by atoms with Crippen LogP contribution in [0, 0.1) is 0 Å². The van der Waals surface area contributed by atoms with Crippen molar-refractivity contribution in [2.75, 3.05) is 13.2 Å². The average molecular weight is 314 g/mol. The first-order valence-corrected chi connectivity index (χ1v) is 8.76. The van der Waals surface area contributed by atoms with Crippen molar-refractivity contribution >= 4 is 16.9 Å². The van der Waals surface area contributed by atoms with Crippen LogP contribution >= 0.6 is 0 Å². The highest BCUT2D eigenvalue weighted by Crippen LogP contribution is 2.29. The fraction of sp³-hybridized carbons (Fsp3) is 0.526. The molecule has 0 unspecified atom stereocenters. The Morgan fingerprint density at radius 1 is 1.26 bits per heavy atom. The van der Waals surface area contributed by atoms with Gasteiger partial charge in [-0.2, -0.15) is 0 Å². The average Bonchev–Trinajstić information content (AvgIpc) is 2.89. The molecule has 2 aromatic rings. The van der Waals surface area contributed by atoms with Crippen LogP contribution in [0.4, 0.5) is 0 Å². The van der Waals surface area contributed by atoms with Gasteiger partial charge in [0.2, 0.25) is 0 Å². The molecule has 0 atom stereocenters. The van der Waals surface area contributed by atoms with Crippen molar-refractivity contribution in [3.05, 3.63) is 35.5 Å². The maximum atomic E-state index is 11.4. The summed E-state index contributed by atoms with van der Waals surface area (Å²) in [4.78, 5) is 11.4. The molecule has 1 aromatic heterocycles. The predicted molar refractivity (Wildman–Crippen MR) is 92.4 cm³/mol. The van der Waals surface area contributed by atoms with E-state index in [9.17, 15) is 4.79 Å². The van der Waals surface area contributed by atoms with Gasteiger partial charge in [-0.05, 0) is 44.4 Å². The van der Waals surface area contributed by atoms with Crippen molar-refractivity contribution in [3.63, 3.8) is 0 Å². The molecule has 4 heteroatoms. The Morgan fingerprint density at radius 3 is 3.00 bits per heavy atom. The van der Waals surface area contributed by atoms with E-state index >= 15 is 0 Å². The molecular formula is C19H26N2O2. The van der Waals surface area contributed by atoms with Crippen LogP contribution in [-0.4, -0.2) is 23.7 Å². The monoisotopic (exact) mass is 314 g/mol. The van der Waals surface area contributed by atoms with Gasteiger partial charge in [0, 0.05) is 36.1 Å². The Labute approximate surface area is 137 Å². The number of ether oxygens (including phenoxy) is 1. The van der Waals surface area contributed by atoms with Crippen LogP contribution < -0.4 is 5.32 Å². The number of esters is 1. The SMILES string of the molecule is CCOC(=O)CCCCCn1c2c(c3ccccc31)CCNC2. The van der Waals surface area contributed by atoms with Crippen LogP contribution in [0.15, 0.2) is 24.3 Å². The molecule has 0 spiro atoms. The summed E-state index contributed by atoms with van der Waals surface area (Å²) in [7, 11) is 0. The second-order valence-corrected chi connectivity index (χ2v) is 6.14. The summed E-state index contributed by atoms with van der Waals surface area (Å²) in [5.74, 6) is -0.0690. The van der Waals surface area contributed by atoms with Gasteiger partial charge in [-0.3, -0.25) is 4.79 Å². The highest BCUT2D eigenvalue weighted by Gasteiger charge is 2.18. The number of nitrogens with zero attached hydrogens (tertiary/aromatic N) is 1. The largest absolute Gasteiger partial charge is 0.466 e. The zero-order chi connectivity index (χ0) is 16.1. The highest BCUT2D eigenvalue weighted by molar-refractivity contribution is 5.85. The van der Waals surface area contributed by atoms with Gasteiger partial charge in [0.1, 0.15) is 0 Å². The van der Waals surface area contributed by atoms with E-state index in [-0.39, 0.29) is 5.97 Å². The van der Waals surface area contributed by atoms with E-state index in [1.165, 1.54) is 22.2 Å². The van der Waals surface area contributed by atoms with E-state index in [4.69, 9.17) is 4.74 Å². The number of nitrogens with one attached hydrogen (secondary N) is 1. The minimum atomic E-state index is -0.0690. The number of aromatic nitrogens is 1. The van der Waals surface area contributed by atoms with E-state index in [1.807, 2.05) is 6.92 Å². The smallest absolute Gasteiger partial charge is 0.305 e. The third-order valence-electron chi connectivity index (χ3n) is 4.61. The summed E-state index contributed by atoms with van der Waals surface area (Å²) < 4.78 is 7.45. The van der Waals surface area contributed by atoms with Crippen LogP contribution in [0.3, 0.4) is 0 Å².